The summed E-state index contributed by atoms with van der Waals surface area (Å²) in [4.78, 5) is 0. The van der Waals surface area contributed by atoms with Crippen molar-refractivity contribution in [2.75, 3.05) is 0 Å². The molecule has 3 rings (SSSR count). The van der Waals surface area contributed by atoms with Crippen LogP contribution in [0.4, 0.5) is 0 Å². The topological polar surface area (TPSA) is 0 Å². The summed E-state index contributed by atoms with van der Waals surface area (Å²) < 4.78 is 0. The third-order valence-corrected chi connectivity index (χ3v) is 4.89. The Hall–Kier alpha value is -1.08. The fraction of sp³-hybridized carbons (Fsp3) is 0.333. The van der Waals surface area contributed by atoms with E-state index in [0.29, 0.717) is 0 Å². The Balaban J connectivity index is 0.00000133. The minimum absolute atomic E-state index is 0. The maximum absolute atomic E-state index is 2.40. The molecule has 0 fully saturated rings. The van der Waals surface area contributed by atoms with E-state index < -0.39 is 0 Å². The lowest BCUT2D eigenvalue weighted by atomic mass is 9.63. The summed E-state index contributed by atoms with van der Waals surface area (Å²) >= 11 is 0. The molecule has 1 unspecified atom stereocenters. The van der Waals surface area contributed by atoms with Crippen molar-refractivity contribution in [3.63, 3.8) is 0 Å². The van der Waals surface area contributed by atoms with Crippen LogP contribution in [0.3, 0.4) is 0 Å². The second-order valence-electron chi connectivity index (χ2n) is 6.21. The number of rotatable bonds is 1. The van der Waals surface area contributed by atoms with Crippen LogP contribution in [0.1, 0.15) is 37.5 Å². The standard InChI is InChI=1S/C18H20.BrH/c1-17(2)13-14-9-7-8-12-16(14)18(17,3)15-10-5-4-6-11-15;/h4-12H,13H2,1-3H3;1H. The summed E-state index contributed by atoms with van der Waals surface area (Å²) in [6.45, 7) is 7.17. The normalized spacial score (nSPS) is 23.5. The molecule has 19 heavy (non-hydrogen) atoms. The zero-order valence-electron chi connectivity index (χ0n) is 11.8. The highest BCUT2D eigenvalue weighted by Crippen LogP contribution is 2.54. The fourth-order valence-electron chi connectivity index (χ4n) is 3.50. The van der Waals surface area contributed by atoms with E-state index in [4.69, 9.17) is 0 Å². The maximum Gasteiger partial charge on any atom is 0.0231 e. The molecule has 2 aromatic carbocycles. The molecule has 100 valence electrons. The summed E-state index contributed by atoms with van der Waals surface area (Å²) in [5, 5.41) is 0. The van der Waals surface area contributed by atoms with Crippen LogP contribution in [0.2, 0.25) is 0 Å². The van der Waals surface area contributed by atoms with Gasteiger partial charge in [0.2, 0.25) is 0 Å². The van der Waals surface area contributed by atoms with Crippen molar-refractivity contribution in [2.45, 2.75) is 32.6 Å². The molecule has 1 aliphatic carbocycles. The largest absolute Gasteiger partial charge is 0.114 e. The predicted molar refractivity (Wildman–Crippen MR) is 87.1 cm³/mol. The SMILES string of the molecule is Br.CC1(C)Cc2ccccc2C1(C)c1ccccc1. The number of hydrogen-bond acceptors (Lipinski definition) is 0. The molecule has 0 saturated heterocycles. The predicted octanol–water partition coefficient (Wildman–Crippen LogP) is 5.15. The van der Waals surface area contributed by atoms with Crippen LogP contribution in [-0.2, 0) is 11.8 Å². The first-order chi connectivity index (χ1) is 8.56. The van der Waals surface area contributed by atoms with Gasteiger partial charge < -0.3 is 0 Å². The molecule has 0 heterocycles. The molecule has 0 saturated carbocycles. The number of fused-ring (bicyclic) bond motifs is 1. The Morgan fingerprint density at radius 2 is 1.37 bits per heavy atom. The Bertz CT molecular complexity index is 571. The van der Waals surface area contributed by atoms with E-state index in [1.165, 1.54) is 16.7 Å². The van der Waals surface area contributed by atoms with Crippen LogP contribution in [-0.4, -0.2) is 0 Å². The number of hydrogen-bond donors (Lipinski definition) is 0. The van der Waals surface area contributed by atoms with Gasteiger partial charge in [-0.1, -0.05) is 75.4 Å². The van der Waals surface area contributed by atoms with E-state index in [2.05, 4.69) is 75.4 Å². The molecule has 0 nitrogen and oxygen atoms in total. The smallest absolute Gasteiger partial charge is 0.0231 e. The Labute approximate surface area is 126 Å². The molecule has 0 spiro atoms. The van der Waals surface area contributed by atoms with Gasteiger partial charge in [-0.3, -0.25) is 0 Å². The van der Waals surface area contributed by atoms with Crippen LogP contribution in [0.5, 0.6) is 0 Å². The summed E-state index contributed by atoms with van der Waals surface area (Å²) in [7, 11) is 0. The van der Waals surface area contributed by atoms with Crippen molar-refractivity contribution < 1.29 is 0 Å². The lowest BCUT2D eigenvalue weighted by Crippen LogP contribution is -2.36. The van der Waals surface area contributed by atoms with Gasteiger partial charge in [0.25, 0.3) is 0 Å². The van der Waals surface area contributed by atoms with Crippen molar-refractivity contribution in [1.29, 1.82) is 0 Å². The first-order valence-corrected chi connectivity index (χ1v) is 6.70. The van der Waals surface area contributed by atoms with Gasteiger partial charge >= 0.3 is 0 Å². The third-order valence-electron chi connectivity index (χ3n) is 4.89. The molecule has 1 aliphatic rings. The highest BCUT2D eigenvalue weighted by Gasteiger charge is 2.49. The summed E-state index contributed by atoms with van der Waals surface area (Å²) in [5.74, 6) is 0. The van der Waals surface area contributed by atoms with Crippen LogP contribution in [0, 0.1) is 5.41 Å². The van der Waals surface area contributed by atoms with Gasteiger partial charge in [0.15, 0.2) is 0 Å². The third kappa shape index (κ3) is 1.95. The lowest BCUT2D eigenvalue weighted by Gasteiger charge is -2.40. The molecular weight excluding hydrogens is 296 g/mol. The van der Waals surface area contributed by atoms with E-state index in [9.17, 15) is 0 Å². The highest BCUT2D eigenvalue weighted by molar-refractivity contribution is 8.93. The molecule has 1 heteroatoms. The summed E-state index contributed by atoms with van der Waals surface area (Å²) in [5.41, 5.74) is 4.82. The Morgan fingerprint density at radius 1 is 0.789 bits per heavy atom. The van der Waals surface area contributed by atoms with Crippen molar-refractivity contribution in [3.8, 4) is 0 Å². The van der Waals surface area contributed by atoms with E-state index in [1.807, 2.05) is 0 Å². The molecule has 1 atom stereocenters. The molecular formula is C18H21Br. The quantitative estimate of drug-likeness (QED) is 0.682. The lowest BCUT2D eigenvalue weighted by molar-refractivity contribution is 0.247. The van der Waals surface area contributed by atoms with E-state index in [0.717, 1.165) is 6.42 Å². The van der Waals surface area contributed by atoms with Gasteiger partial charge in [-0.2, -0.15) is 0 Å². The second-order valence-corrected chi connectivity index (χ2v) is 6.21. The molecule has 2 aromatic rings. The summed E-state index contributed by atoms with van der Waals surface area (Å²) in [6.07, 6.45) is 1.16. The molecule has 0 aromatic heterocycles. The maximum atomic E-state index is 2.40. The monoisotopic (exact) mass is 316 g/mol. The van der Waals surface area contributed by atoms with E-state index in [-0.39, 0.29) is 27.8 Å². The minimum atomic E-state index is 0. The molecule has 0 N–H and O–H groups in total. The summed E-state index contributed by atoms with van der Waals surface area (Å²) in [6, 6.07) is 19.8. The van der Waals surface area contributed by atoms with Crippen molar-refractivity contribution in [1.82, 2.24) is 0 Å². The van der Waals surface area contributed by atoms with Crippen LogP contribution >= 0.6 is 17.0 Å². The fourth-order valence-corrected chi connectivity index (χ4v) is 3.50. The molecule has 0 radical (unpaired) electrons. The van der Waals surface area contributed by atoms with Crippen LogP contribution in [0.25, 0.3) is 0 Å². The zero-order valence-corrected chi connectivity index (χ0v) is 13.5. The first-order valence-electron chi connectivity index (χ1n) is 6.70. The Kier molecular flexibility index (Phi) is 3.61. The van der Waals surface area contributed by atoms with E-state index in [1.54, 1.807) is 0 Å². The highest BCUT2D eigenvalue weighted by atomic mass is 79.9. The van der Waals surface area contributed by atoms with Gasteiger partial charge in [-0.15, -0.1) is 17.0 Å². The van der Waals surface area contributed by atoms with Gasteiger partial charge in [0, 0.05) is 5.41 Å². The zero-order chi connectivity index (χ0) is 12.8. The first kappa shape index (κ1) is 14.3. The number of halogens is 1. The molecule has 0 amide bonds. The molecule has 0 bridgehead atoms. The van der Waals surface area contributed by atoms with Gasteiger partial charge in [-0.05, 0) is 28.5 Å². The van der Waals surface area contributed by atoms with Crippen LogP contribution in [0.15, 0.2) is 54.6 Å². The van der Waals surface area contributed by atoms with Gasteiger partial charge in [0.1, 0.15) is 0 Å². The second kappa shape index (κ2) is 4.79. The minimum Gasteiger partial charge on any atom is -0.114 e. The van der Waals surface area contributed by atoms with Gasteiger partial charge in [-0.25, -0.2) is 0 Å². The van der Waals surface area contributed by atoms with Gasteiger partial charge in [0.05, 0.1) is 0 Å². The van der Waals surface area contributed by atoms with Crippen molar-refractivity contribution in [3.05, 3.63) is 71.3 Å². The Morgan fingerprint density at radius 3 is 2.05 bits per heavy atom. The average Bonchev–Trinajstić information content (AvgIpc) is 2.59. The average molecular weight is 317 g/mol. The van der Waals surface area contributed by atoms with Crippen LogP contribution < -0.4 is 0 Å². The van der Waals surface area contributed by atoms with Crippen molar-refractivity contribution >= 4 is 17.0 Å². The number of benzene rings is 2. The van der Waals surface area contributed by atoms with Crippen molar-refractivity contribution in [2.24, 2.45) is 5.41 Å². The van der Waals surface area contributed by atoms with E-state index >= 15 is 0 Å². The molecule has 0 aliphatic heterocycles.